The molecule has 116 valence electrons. The zero-order valence-electron chi connectivity index (χ0n) is 12.3. The fourth-order valence-corrected chi connectivity index (χ4v) is 2.79. The standard InChI is InChI=1S/C16H16ClNO3S/c1-20-14-9-11(8-13(17)16(14)21-2)5-6-15(19)18-10-12-4-3-7-22-12/h3-9H,10H2,1-2H3,(H,18,19)/b6-5+. The third-order valence-electron chi connectivity index (χ3n) is 2.90. The summed E-state index contributed by atoms with van der Waals surface area (Å²) in [6, 6.07) is 7.40. The van der Waals surface area contributed by atoms with E-state index >= 15 is 0 Å². The maximum atomic E-state index is 11.8. The Hall–Kier alpha value is -1.98. The van der Waals surface area contributed by atoms with Crippen LogP contribution in [0.15, 0.2) is 35.7 Å². The van der Waals surface area contributed by atoms with E-state index in [1.54, 1.807) is 29.5 Å². The highest BCUT2D eigenvalue weighted by atomic mass is 35.5. The van der Waals surface area contributed by atoms with E-state index in [1.165, 1.54) is 20.3 Å². The number of rotatable bonds is 6. The molecule has 1 aromatic carbocycles. The van der Waals surface area contributed by atoms with Crippen molar-refractivity contribution in [3.8, 4) is 11.5 Å². The maximum absolute atomic E-state index is 11.8. The van der Waals surface area contributed by atoms with E-state index in [9.17, 15) is 4.79 Å². The molecule has 4 nitrogen and oxygen atoms in total. The van der Waals surface area contributed by atoms with Gasteiger partial charge in [-0.15, -0.1) is 11.3 Å². The summed E-state index contributed by atoms with van der Waals surface area (Å²) in [6.07, 6.45) is 3.14. The summed E-state index contributed by atoms with van der Waals surface area (Å²) in [6.45, 7) is 0.521. The minimum Gasteiger partial charge on any atom is -0.493 e. The maximum Gasteiger partial charge on any atom is 0.244 e. The lowest BCUT2D eigenvalue weighted by molar-refractivity contribution is -0.116. The highest BCUT2D eigenvalue weighted by molar-refractivity contribution is 7.09. The predicted molar refractivity (Wildman–Crippen MR) is 89.8 cm³/mol. The molecule has 0 saturated carbocycles. The van der Waals surface area contributed by atoms with Gasteiger partial charge in [0.05, 0.1) is 25.8 Å². The predicted octanol–water partition coefficient (Wildman–Crippen LogP) is 3.75. The van der Waals surface area contributed by atoms with Gasteiger partial charge in [0.2, 0.25) is 5.91 Å². The molecule has 1 heterocycles. The Labute approximate surface area is 138 Å². The van der Waals surface area contributed by atoms with E-state index in [0.717, 1.165) is 10.4 Å². The fourth-order valence-electron chi connectivity index (χ4n) is 1.85. The first-order chi connectivity index (χ1) is 10.6. The fraction of sp³-hybridized carbons (Fsp3) is 0.188. The summed E-state index contributed by atoms with van der Waals surface area (Å²) >= 11 is 7.72. The van der Waals surface area contributed by atoms with Gasteiger partial charge in [0.25, 0.3) is 0 Å². The summed E-state index contributed by atoms with van der Waals surface area (Å²) in [4.78, 5) is 12.9. The zero-order chi connectivity index (χ0) is 15.9. The van der Waals surface area contributed by atoms with E-state index in [1.807, 2.05) is 17.5 Å². The van der Waals surface area contributed by atoms with Gasteiger partial charge in [-0.2, -0.15) is 0 Å². The number of carbonyl (C=O) groups excluding carboxylic acids is 1. The van der Waals surface area contributed by atoms with Crippen LogP contribution in [-0.2, 0) is 11.3 Å². The van der Waals surface area contributed by atoms with Crippen LogP contribution in [0.4, 0.5) is 0 Å². The minimum absolute atomic E-state index is 0.167. The first-order valence-electron chi connectivity index (χ1n) is 6.54. The normalized spacial score (nSPS) is 10.7. The Kier molecular flexibility index (Phi) is 5.86. The lowest BCUT2D eigenvalue weighted by atomic mass is 10.2. The summed E-state index contributed by atoms with van der Waals surface area (Å²) in [5.41, 5.74) is 0.758. The Balaban J connectivity index is 2.03. The molecule has 0 aliphatic heterocycles. The molecule has 6 heteroatoms. The quantitative estimate of drug-likeness (QED) is 0.817. The summed E-state index contributed by atoms with van der Waals surface area (Å²) in [7, 11) is 3.06. The molecule has 2 rings (SSSR count). The van der Waals surface area contributed by atoms with Gasteiger partial charge in [-0.25, -0.2) is 0 Å². The summed E-state index contributed by atoms with van der Waals surface area (Å²) < 4.78 is 10.4. The van der Waals surface area contributed by atoms with Crippen LogP contribution in [0.5, 0.6) is 11.5 Å². The average molecular weight is 338 g/mol. The van der Waals surface area contributed by atoms with Crippen LogP contribution in [0.2, 0.25) is 5.02 Å². The monoisotopic (exact) mass is 337 g/mol. The second kappa shape index (κ2) is 7.87. The van der Waals surface area contributed by atoms with Crippen molar-refractivity contribution in [2.75, 3.05) is 14.2 Å². The number of thiophene rings is 1. The smallest absolute Gasteiger partial charge is 0.244 e. The van der Waals surface area contributed by atoms with Crippen molar-refractivity contribution in [3.63, 3.8) is 0 Å². The van der Waals surface area contributed by atoms with Crippen LogP contribution in [0.25, 0.3) is 6.08 Å². The Bertz CT molecular complexity index is 668. The molecule has 0 saturated heterocycles. The molecule has 0 fully saturated rings. The van der Waals surface area contributed by atoms with Gasteiger partial charge in [-0.1, -0.05) is 17.7 Å². The van der Waals surface area contributed by atoms with Crippen molar-refractivity contribution >= 4 is 34.9 Å². The van der Waals surface area contributed by atoms with Crippen LogP contribution in [0.3, 0.4) is 0 Å². The molecule has 0 bridgehead atoms. The van der Waals surface area contributed by atoms with E-state index in [-0.39, 0.29) is 5.91 Å². The molecule has 0 spiro atoms. The Morgan fingerprint density at radius 2 is 2.18 bits per heavy atom. The van der Waals surface area contributed by atoms with Crippen LogP contribution < -0.4 is 14.8 Å². The third kappa shape index (κ3) is 4.26. The number of carbonyl (C=O) groups is 1. The van der Waals surface area contributed by atoms with Gasteiger partial charge in [0.15, 0.2) is 11.5 Å². The number of hydrogen-bond acceptors (Lipinski definition) is 4. The lowest BCUT2D eigenvalue weighted by Crippen LogP contribution is -2.19. The molecule has 2 aromatic rings. The van der Waals surface area contributed by atoms with Crippen LogP contribution in [0.1, 0.15) is 10.4 Å². The highest BCUT2D eigenvalue weighted by Crippen LogP contribution is 2.36. The second-order valence-electron chi connectivity index (χ2n) is 4.37. The zero-order valence-corrected chi connectivity index (χ0v) is 13.8. The Morgan fingerprint density at radius 3 is 2.82 bits per heavy atom. The minimum atomic E-state index is -0.167. The summed E-state index contributed by atoms with van der Waals surface area (Å²) in [5.74, 6) is 0.830. The molecule has 1 aromatic heterocycles. The first-order valence-corrected chi connectivity index (χ1v) is 7.79. The third-order valence-corrected chi connectivity index (χ3v) is 4.06. The molecule has 1 amide bonds. The molecular weight excluding hydrogens is 322 g/mol. The van der Waals surface area contributed by atoms with Crippen molar-refractivity contribution in [1.29, 1.82) is 0 Å². The van der Waals surface area contributed by atoms with Crippen LogP contribution >= 0.6 is 22.9 Å². The van der Waals surface area contributed by atoms with Crippen LogP contribution in [-0.4, -0.2) is 20.1 Å². The van der Waals surface area contributed by atoms with Crippen LogP contribution in [0, 0.1) is 0 Å². The SMILES string of the molecule is COc1cc(/C=C/C(=O)NCc2cccs2)cc(Cl)c1OC. The Morgan fingerprint density at radius 1 is 1.36 bits per heavy atom. The molecule has 0 aliphatic carbocycles. The molecule has 22 heavy (non-hydrogen) atoms. The van der Waals surface area contributed by atoms with Crippen molar-refractivity contribution in [1.82, 2.24) is 5.32 Å². The van der Waals surface area contributed by atoms with Gasteiger partial charge in [-0.05, 0) is 35.2 Å². The number of benzene rings is 1. The number of methoxy groups -OCH3 is 2. The van der Waals surface area contributed by atoms with Gasteiger partial charge in [-0.3, -0.25) is 4.79 Å². The van der Waals surface area contributed by atoms with Gasteiger partial charge < -0.3 is 14.8 Å². The molecular formula is C16H16ClNO3S. The van der Waals surface area contributed by atoms with Crippen molar-refractivity contribution in [3.05, 3.63) is 51.2 Å². The van der Waals surface area contributed by atoms with E-state index in [2.05, 4.69) is 5.32 Å². The molecule has 1 N–H and O–H groups in total. The van der Waals surface area contributed by atoms with Gasteiger partial charge >= 0.3 is 0 Å². The topological polar surface area (TPSA) is 47.6 Å². The van der Waals surface area contributed by atoms with E-state index < -0.39 is 0 Å². The van der Waals surface area contributed by atoms with E-state index in [4.69, 9.17) is 21.1 Å². The number of hydrogen-bond donors (Lipinski definition) is 1. The average Bonchev–Trinajstić information content (AvgIpc) is 3.03. The molecule has 0 aliphatic rings. The summed E-state index contributed by atoms with van der Waals surface area (Å²) in [5, 5.41) is 5.22. The van der Waals surface area contributed by atoms with E-state index in [0.29, 0.717) is 23.1 Å². The second-order valence-corrected chi connectivity index (χ2v) is 5.81. The molecule has 0 unspecified atom stereocenters. The lowest BCUT2D eigenvalue weighted by Gasteiger charge is -2.10. The molecule has 0 radical (unpaired) electrons. The number of nitrogens with one attached hydrogen (secondary N) is 1. The number of amides is 1. The van der Waals surface area contributed by atoms with Gasteiger partial charge in [0.1, 0.15) is 0 Å². The van der Waals surface area contributed by atoms with Crippen molar-refractivity contribution in [2.45, 2.75) is 6.54 Å². The highest BCUT2D eigenvalue weighted by Gasteiger charge is 2.09. The van der Waals surface area contributed by atoms with Gasteiger partial charge in [0, 0.05) is 11.0 Å². The number of halogens is 1. The molecule has 0 atom stereocenters. The number of ether oxygens (including phenoxy) is 2. The van der Waals surface area contributed by atoms with Crippen molar-refractivity contribution < 1.29 is 14.3 Å². The largest absolute Gasteiger partial charge is 0.493 e. The first kappa shape index (κ1) is 16.4. The van der Waals surface area contributed by atoms with Crippen molar-refractivity contribution in [2.24, 2.45) is 0 Å².